The first-order chi connectivity index (χ1) is 14.1. The van der Waals surface area contributed by atoms with E-state index in [1.54, 1.807) is 0 Å². The van der Waals surface area contributed by atoms with Gasteiger partial charge in [-0.15, -0.1) is 0 Å². The number of aliphatic hydroxyl groups is 1. The maximum Gasteiger partial charge on any atom is 0.326 e. The zero-order valence-corrected chi connectivity index (χ0v) is 18.4. The topological polar surface area (TPSA) is 197 Å². The van der Waals surface area contributed by atoms with Crippen LogP contribution in [0.2, 0.25) is 0 Å². The summed E-state index contributed by atoms with van der Waals surface area (Å²) in [5.41, 5.74) is 10.8. The highest BCUT2D eigenvalue weighted by Gasteiger charge is 2.30. The van der Waals surface area contributed by atoms with Gasteiger partial charge in [0.2, 0.25) is 17.7 Å². The van der Waals surface area contributed by atoms with Crippen LogP contribution in [0.4, 0.5) is 0 Å². The van der Waals surface area contributed by atoms with Crippen LogP contribution in [0.1, 0.15) is 39.5 Å². The van der Waals surface area contributed by atoms with E-state index in [4.69, 9.17) is 16.6 Å². The van der Waals surface area contributed by atoms with E-state index in [0.717, 1.165) is 0 Å². The first-order valence-electron chi connectivity index (χ1n) is 9.88. The van der Waals surface area contributed by atoms with E-state index in [-0.39, 0.29) is 24.5 Å². The van der Waals surface area contributed by atoms with Crippen molar-refractivity contribution in [3.63, 3.8) is 0 Å². The van der Waals surface area contributed by atoms with E-state index < -0.39 is 54.5 Å². The number of aliphatic hydroxyl groups excluding tert-OH is 1. The van der Waals surface area contributed by atoms with E-state index in [0.29, 0.717) is 19.4 Å². The van der Waals surface area contributed by atoms with Crippen LogP contribution >= 0.6 is 12.6 Å². The summed E-state index contributed by atoms with van der Waals surface area (Å²) in [7, 11) is 0. The van der Waals surface area contributed by atoms with Crippen LogP contribution in [0.25, 0.3) is 0 Å². The minimum atomic E-state index is -1.19. The van der Waals surface area contributed by atoms with Crippen molar-refractivity contribution < 1.29 is 29.4 Å². The molecule has 0 rings (SSSR count). The number of carboxylic acids is 1. The van der Waals surface area contributed by atoms with Crippen molar-refractivity contribution in [2.24, 2.45) is 17.4 Å². The largest absolute Gasteiger partial charge is 0.480 e. The molecule has 0 aliphatic carbocycles. The number of aliphatic carboxylic acids is 1. The number of carbonyl (C=O) groups is 4. The SMILES string of the molecule is CC(C)CC(NC(=O)C(CS)NC(=O)C(N)CO)C(=O)NC(CCCCN)C(=O)O. The molecule has 0 aliphatic heterocycles. The van der Waals surface area contributed by atoms with Crippen molar-refractivity contribution in [2.75, 3.05) is 18.9 Å². The average Bonchev–Trinajstić information content (AvgIpc) is 2.69. The second-order valence-corrected chi connectivity index (χ2v) is 7.77. The molecule has 11 nitrogen and oxygen atoms in total. The van der Waals surface area contributed by atoms with Gasteiger partial charge in [0.15, 0.2) is 0 Å². The fourth-order valence-electron chi connectivity index (χ4n) is 2.55. The molecular weight excluding hydrogens is 414 g/mol. The smallest absolute Gasteiger partial charge is 0.326 e. The van der Waals surface area contributed by atoms with Gasteiger partial charge in [0.25, 0.3) is 0 Å². The zero-order valence-electron chi connectivity index (χ0n) is 17.5. The third kappa shape index (κ3) is 10.8. The van der Waals surface area contributed by atoms with Gasteiger partial charge in [-0.1, -0.05) is 13.8 Å². The quantitative estimate of drug-likeness (QED) is 0.103. The first kappa shape index (κ1) is 28.1. The zero-order chi connectivity index (χ0) is 23.3. The Morgan fingerprint density at radius 2 is 1.47 bits per heavy atom. The Kier molecular flexibility index (Phi) is 14.0. The normalized spacial score (nSPS) is 15.0. The predicted molar refractivity (Wildman–Crippen MR) is 115 cm³/mol. The summed E-state index contributed by atoms with van der Waals surface area (Å²) < 4.78 is 0. The lowest BCUT2D eigenvalue weighted by molar-refractivity contribution is -0.142. The molecule has 4 atom stereocenters. The van der Waals surface area contributed by atoms with Gasteiger partial charge in [0.1, 0.15) is 24.2 Å². The summed E-state index contributed by atoms with van der Waals surface area (Å²) in [6, 6.07) is -4.38. The van der Waals surface area contributed by atoms with Crippen LogP contribution in [-0.4, -0.2) is 77.0 Å². The van der Waals surface area contributed by atoms with Crippen molar-refractivity contribution in [1.29, 1.82) is 0 Å². The number of carbonyl (C=O) groups excluding carboxylic acids is 3. The molecular formula is C18H35N5O6S. The minimum absolute atomic E-state index is 0.0217. The standard InChI is InChI=1S/C18H35N5O6S/c1-10(2)7-13(16(26)21-12(18(28)29)5-3-4-6-19)22-17(27)14(9-30)23-15(25)11(20)8-24/h10-14,24,30H,3-9,19-20H2,1-2H3,(H,21,26)(H,22,27)(H,23,25)(H,28,29). The molecule has 30 heavy (non-hydrogen) atoms. The van der Waals surface area contributed by atoms with Gasteiger partial charge in [0.05, 0.1) is 6.61 Å². The molecule has 0 bridgehead atoms. The summed E-state index contributed by atoms with van der Waals surface area (Å²) in [6.45, 7) is 3.52. The Labute approximate surface area is 182 Å². The van der Waals surface area contributed by atoms with E-state index in [2.05, 4.69) is 28.6 Å². The van der Waals surface area contributed by atoms with Gasteiger partial charge in [-0.25, -0.2) is 4.79 Å². The van der Waals surface area contributed by atoms with Crippen molar-refractivity contribution in [3.8, 4) is 0 Å². The molecule has 0 aromatic carbocycles. The van der Waals surface area contributed by atoms with Crippen LogP contribution in [0.5, 0.6) is 0 Å². The van der Waals surface area contributed by atoms with Gasteiger partial charge < -0.3 is 37.6 Å². The molecule has 4 unspecified atom stereocenters. The van der Waals surface area contributed by atoms with Crippen LogP contribution in [0.3, 0.4) is 0 Å². The molecule has 0 heterocycles. The highest BCUT2D eigenvalue weighted by atomic mass is 32.1. The molecule has 3 amide bonds. The van der Waals surface area contributed by atoms with E-state index in [9.17, 15) is 24.3 Å². The summed E-state index contributed by atoms with van der Waals surface area (Å²) in [4.78, 5) is 48.5. The predicted octanol–water partition coefficient (Wildman–Crippen LogP) is -2.05. The number of carboxylic acid groups (broad SMARTS) is 1. The first-order valence-corrected chi connectivity index (χ1v) is 10.5. The van der Waals surface area contributed by atoms with E-state index in [1.165, 1.54) is 0 Å². The second-order valence-electron chi connectivity index (χ2n) is 7.41. The Bertz CT molecular complexity index is 577. The summed E-state index contributed by atoms with van der Waals surface area (Å²) in [5.74, 6) is -3.25. The fraction of sp³-hybridized carbons (Fsp3) is 0.778. The van der Waals surface area contributed by atoms with E-state index >= 15 is 0 Å². The van der Waals surface area contributed by atoms with Crippen LogP contribution in [0.15, 0.2) is 0 Å². The molecule has 9 N–H and O–H groups in total. The molecule has 0 aromatic rings. The lowest BCUT2D eigenvalue weighted by Gasteiger charge is -2.25. The highest BCUT2D eigenvalue weighted by molar-refractivity contribution is 7.80. The lowest BCUT2D eigenvalue weighted by Crippen LogP contribution is -2.58. The molecule has 0 saturated carbocycles. The van der Waals surface area contributed by atoms with Crippen molar-refractivity contribution in [3.05, 3.63) is 0 Å². The van der Waals surface area contributed by atoms with Gasteiger partial charge in [-0.2, -0.15) is 12.6 Å². The summed E-state index contributed by atoms with van der Waals surface area (Å²) in [5, 5.41) is 25.6. The number of nitrogens with one attached hydrogen (secondary N) is 3. The summed E-state index contributed by atoms with van der Waals surface area (Å²) >= 11 is 4.03. The Morgan fingerprint density at radius 1 is 0.933 bits per heavy atom. The third-order valence-corrected chi connectivity index (χ3v) is 4.62. The van der Waals surface area contributed by atoms with Crippen LogP contribution in [-0.2, 0) is 19.2 Å². The molecule has 0 radical (unpaired) electrons. The van der Waals surface area contributed by atoms with Crippen LogP contribution < -0.4 is 27.4 Å². The second kappa shape index (κ2) is 15.0. The monoisotopic (exact) mass is 449 g/mol. The number of thiol groups is 1. The highest BCUT2D eigenvalue weighted by Crippen LogP contribution is 2.08. The summed E-state index contributed by atoms with van der Waals surface area (Å²) in [6.07, 6.45) is 1.64. The Hall–Kier alpha value is -1.89. The van der Waals surface area contributed by atoms with Gasteiger partial charge in [0, 0.05) is 5.75 Å². The Morgan fingerprint density at radius 3 is 1.93 bits per heavy atom. The lowest BCUT2D eigenvalue weighted by atomic mass is 10.0. The number of hydrogen-bond donors (Lipinski definition) is 8. The molecule has 0 fully saturated rings. The van der Waals surface area contributed by atoms with Gasteiger partial charge in [-0.05, 0) is 38.1 Å². The fourth-order valence-corrected chi connectivity index (χ4v) is 2.81. The molecule has 0 aromatic heterocycles. The maximum atomic E-state index is 12.7. The molecule has 0 spiro atoms. The van der Waals surface area contributed by atoms with Crippen LogP contribution in [0, 0.1) is 5.92 Å². The Balaban J connectivity index is 5.18. The molecule has 174 valence electrons. The number of hydrogen-bond acceptors (Lipinski definition) is 8. The van der Waals surface area contributed by atoms with Crippen molar-refractivity contribution in [1.82, 2.24) is 16.0 Å². The molecule has 12 heteroatoms. The van der Waals surface area contributed by atoms with Crippen molar-refractivity contribution >= 4 is 36.3 Å². The maximum absolute atomic E-state index is 12.7. The van der Waals surface area contributed by atoms with Gasteiger partial charge >= 0.3 is 5.97 Å². The minimum Gasteiger partial charge on any atom is -0.480 e. The van der Waals surface area contributed by atoms with E-state index in [1.807, 2.05) is 13.8 Å². The molecule has 0 aliphatic rings. The number of amides is 3. The molecule has 0 saturated heterocycles. The number of rotatable bonds is 15. The third-order valence-electron chi connectivity index (χ3n) is 4.25. The van der Waals surface area contributed by atoms with Crippen molar-refractivity contribution in [2.45, 2.75) is 63.7 Å². The number of unbranched alkanes of at least 4 members (excludes halogenated alkanes) is 1. The average molecular weight is 450 g/mol. The van der Waals surface area contributed by atoms with Gasteiger partial charge in [-0.3, -0.25) is 14.4 Å². The number of nitrogens with two attached hydrogens (primary N) is 2.